The third-order valence-corrected chi connectivity index (χ3v) is 9.02. The molecule has 3 heteroatoms. The summed E-state index contributed by atoms with van der Waals surface area (Å²) >= 11 is 0. The molecule has 0 aromatic heterocycles. The van der Waals surface area contributed by atoms with Crippen molar-refractivity contribution in [3.63, 3.8) is 0 Å². The van der Waals surface area contributed by atoms with Gasteiger partial charge >= 0.3 is 0 Å². The summed E-state index contributed by atoms with van der Waals surface area (Å²) in [5, 5.41) is 12.6. The molecule has 1 N–H and O–H groups in total. The van der Waals surface area contributed by atoms with Crippen LogP contribution in [0.3, 0.4) is 0 Å². The Morgan fingerprint density at radius 2 is 1.61 bits per heavy atom. The number of rotatable bonds is 10. The number of phenolic OH excluding ortho intramolecular Hbond substituents is 1. The first-order chi connectivity index (χ1) is 15.8. The minimum Gasteiger partial charge on any atom is -0.507 e. The summed E-state index contributed by atoms with van der Waals surface area (Å²) in [5.74, 6) is 0.486. The Hall–Kier alpha value is -2.15. The van der Waals surface area contributed by atoms with Crippen molar-refractivity contribution in [3.05, 3.63) is 94.0 Å². The van der Waals surface area contributed by atoms with Crippen molar-refractivity contribution in [3.8, 4) is 5.75 Å². The fourth-order valence-corrected chi connectivity index (χ4v) is 6.95. The van der Waals surface area contributed by atoms with Crippen LogP contribution in [0.15, 0.2) is 60.7 Å². The molecule has 0 aliphatic heterocycles. The number of hydrogen-bond acceptors (Lipinski definition) is 2. The largest absolute Gasteiger partial charge is 0.507 e. The number of nitrogens with zero attached hydrogens (tertiary/aromatic N) is 1. The Morgan fingerprint density at radius 3 is 2.27 bits per heavy atom. The van der Waals surface area contributed by atoms with Crippen molar-refractivity contribution in [2.45, 2.75) is 72.1 Å². The van der Waals surface area contributed by atoms with Gasteiger partial charge in [0.1, 0.15) is 5.75 Å². The molecule has 0 radical (unpaired) electrons. The topological polar surface area (TPSA) is 23.5 Å². The summed E-state index contributed by atoms with van der Waals surface area (Å²) in [6.45, 7) is 12.8. The Kier molecular flexibility index (Phi) is 8.74. The van der Waals surface area contributed by atoms with Gasteiger partial charge in [0.25, 0.3) is 0 Å². The summed E-state index contributed by atoms with van der Waals surface area (Å²) in [7, 11) is 2.82. The molecule has 176 valence electrons. The van der Waals surface area contributed by atoms with Gasteiger partial charge in [0, 0.05) is 23.8 Å². The van der Waals surface area contributed by atoms with Crippen LogP contribution in [0.1, 0.15) is 66.5 Å². The molecule has 0 aliphatic carbocycles. The lowest BCUT2D eigenvalue weighted by molar-refractivity contribution is 0.320. The standard InChI is InChI=1S/C30H40NOP/c1-7-17-30(8-2,27-19-22(3)18-24(5)28(27)32)33-29-23(4)13-12-16-26(29)21-31(6)20-25-14-10-9-11-15-25/h9-16,18-19,32-33H,7-8,17,20-21H2,1-6H3. The van der Waals surface area contributed by atoms with Gasteiger partial charge in [-0.05, 0) is 68.2 Å². The maximum atomic E-state index is 11.1. The van der Waals surface area contributed by atoms with Crippen LogP contribution in [0.4, 0.5) is 0 Å². The molecule has 3 aromatic rings. The lowest BCUT2D eigenvalue weighted by Gasteiger charge is -2.36. The maximum absolute atomic E-state index is 11.1. The van der Waals surface area contributed by atoms with Gasteiger partial charge in [-0.25, -0.2) is 0 Å². The van der Waals surface area contributed by atoms with Crippen LogP contribution in [0.5, 0.6) is 5.75 Å². The average Bonchev–Trinajstić information content (AvgIpc) is 2.78. The van der Waals surface area contributed by atoms with Crippen molar-refractivity contribution in [1.82, 2.24) is 4.90 Å². The zero-order valence-electron chi connectivity index (χ0n) is 21.2. The predicted octanol–water partition coefficient (Wildman–Crippen LogP) is 7.36. The fourth-order valence-electron chi connectivity index (χ4n) is 4.99. The Bertz CT molecular complexity index is 1060. The molecule has 3 aromatic carbocycles. The first-order valence-corrected chi connectivity index (χ1v) is 13.2. The highest BCUT2D eigenvalue weighted by atomic mass is 31.1. The van der Waals surface area contributed by atoms with E-state index in [9.17, 15) is 5.11 Å². The van der Waals surface area contributed by atoms with Crippen molar-refractivity contribution in [2.75, 3.05) is 7.05 Å². The fraction of sp³-hybridized carbons (Fsp3) is 0.400. The minimum absolute atomic E-state index is 0.0471. The van der Waals surface area contributed by atoms with Gasteiger partial charge in [0.2, 0.25) is 0 Å². The van der Waals surface area contributed by atoms with Crippen LogP contribution in [-0.2, 0) is 18.2 Å². The molecule has 2 atom stereocenters. The van der Waals surface area contributed by atoms with Crippen LogP contribution >= 0.6 is 8.58 Å². The van der Waals surface area contributed by atoms with Crippen LogP contribution < -0.4 is 5.30 Å². The molecule has 33 heavy (non-hydrogen) atoms. The second-order valence-electron chi connectivity index (χ2n) is 9.56. The Morgan fingerprint density at radius 1 is 0.879 bits per heavy atom. The van der Waals surface area contributed by atoms with Gasteiger partial charge in [0.15, 0.2) is 0 Å². The summed E-state index contributed by atoms with van der Waals surface area (Å²) in [5.41, 5.74) is 7.45. The summed E-state index contributed by atoms with van der Waals surface area (Å²) < 4.78 is 0. The van der Waals surface area contributed by atoms with Crippen LogP contribution in [0.25, 0.3) is 0 Å². The van der Waals surface area contributed by atoms with E-state index in [4.69, 9.17) is 0 Å². The summed E-state index contributed by atoms with van der Waals surface area (Å²) in [6.07, 6.45) is 3.19. The van der Waals surface area contributed by atoms with E-state index in [2.05, 4.69) is 100 Å². The summed E-state index contributed by atoms with van der Waals surface area (Å²) in [4.78, 5) is 2.40. The van der Waals surface area contributed by atoms with E-state index in [1.807, 2.05) is 6.92 Å². The molecular weight excluding hydrogens is 421 g/mol. The highest BCUT2D eigenvalue weighted by molar-refractivity contribution is 7.48. The molecule has 3 rings (SSSR count). The SMILES string of the molecule is CCCC(CC)(Pc1c(C)cccc1CN(C)Cc1ccccc1)c1cc(C)cc(C)c1O. The molecule has 0 spiro atoms. The molecule has 2 nitrogen and oxygen atoms in total. The molecule has 0 aliphatic rings. The van der Waals surface area contributed by atoms with E-state index < -0.39 is 0 Å². The lowest BCUT2D eigenvalue weighted by Crippen LogP contribution is -2.27. The first kappa shape index (κ1) is 25.5. The Labute approximate surface area is 202 Å². The maximum Gasteiger partial charge on any atom is 0.122 e. The normalized spacial score (nSPS) is 13.7. The van der Waals surface area contributed by atoms with E-state index in [-0.39, 0.29) is 5.16 Å². The number of hydrogen-bond donors (Lipinski definition) is 1. The molecule has 2 unspecified atom stereocenters. The second-order valence-corrected chi connectivity index (χ2v) is 11.3. The third-order valence-electron chi connectivity index (χ3n) is 6.70. The van der Waals surface area contributed by atoms with Crippen molar-refractivity contribution >= 4 is 13.9 Å². The van der Waals surface area contributed by atoms with E-state index in [1.165, 1.54) is 27.6 Å². The van der Waals surface area contributed by atoms with Crippen LogP contribution in [-0.4, -0.2) is 17.1 Å². The molecule has 0 bridgehead atoms. The monoisotopic (exact) mass is 461 g/mol. The van der Waals surface area contributed by atoms with Gasteiger partial charge in [0.05, 0.1) is 0 Å². The van der Waals surface area contributed by atoms with Gasteiger partial charge < -0.3 is 5.11 Å². The number of aromatic hydroxyl groups is 1. The molecule has 0 amide bonds. The van der Waals surface area contributed by atoms with Crippen molar-refractivity contribution in [2.24, 2.45) is 0 Å². The molecule has 0 saturated carbocycles. The molecule has 0 fully saturated rings. The van der Waals surface area contributed by atoms with Crippen LogP contribution in [0.2, 0.25) is 0 Å². The van der Waals surface area contributed by atoms with E-state index in [0.717, 1.165) is 43.5 Å². The minimum atomic E-state index is -0.0471. The highest BCUT2D eigenvalue weighted by Crippen LogP contribution is 2.52. The van der Waals surface area contributed by atoms with E-state index in [1.54, 1.807) is 0 Å². The molecule has 0 heterocycles. The Balaban J connectivity index is 1.99. The zero-order chi connectivity index (χ0) is 24.0. The average molecular weight is 462 g/mol. The van der Waals surface area contributed by atoms with Gasteiger partial charge in [-0.1, -0.05) is 95.1 Å². The van der Waals surface area contributed by atoms with Crippen LogP contribution in [0, 0.1) is 20.8 Å². The number of aryl methyl sites for hydroxylation is 3. The van der Waals surface area contributed by atoms with Crippen molar-refractivity contribution < 1.29 is 5.11 Å². The van der Waals surface area contributed by atoms with Crippen molar-refractivity contribution in [1.29, 1.82) is 0 Å². The quantitative estimate of drug-likeness (QED) is 0.319. The van der Waals surface area contributed by atoms with E-state index in [0.29, 0.717) is 14.3 Å². The molecule has 0 saturated heterocycles. The highest BCUT2D eigenvalue weighted by Gasteiger charge is 2.34. The molecular formula is C30H40NOP. The number of benzene rings is 3. The van der Waals surface area contributed by atoms with Gasteiger partial charge in [-0.3, -0.25) is 4.90 Å². The zero-order valence-corrected chi connectivity index (χ0v) is 22.2. The van der Waals surface area contributed by atoms with Gasteiger partial charge in [-0.2, -0.15) is 0 Å². The second kappa shape index (κ2) is 11.3. The third kappa shape index (κ3) is 6.05. The lowest BCUT2D eigenvalue weighted by atomic mass is 9.88. The van der Waals surface area contributed by atoms with Gasteiger partial charge in [-0.15, -0.1) is 0 Å². The number of phenols is 1. The predicted molar refractivity (Wildman–Crippen MR) is 145 cm³/mol. The smallest absolute Gasteiger partial charge is 0.122 e. The first-order valence-electron chi connectivity index (χ1n) is 12.2. The van der Waals surface area contributed by atoms with E-state index >= 15 is 0 Å². The summed E-state index contributed by atoms with van der Waals surface area (Å²) in [6, 6.07) is 21.7.